The molecule has 1 N–H and O–H groups in total. The molecule has 0 radical (unpaired) electrons. The third-order valence-corrected chi connectivity index (χ3v) is 4.27. The highest BCUT2D eigenvalue weighted by Crippen LogP contribution is 2.28. The Morgan fingerprint density at radius 3 is 2.57 bits per heavy atom. The van der Waals surface area contributed by atoms with Crippen molar-refractivity contribution < 1.29 is 4.74 Å². The van der Waals surface area contributed by atoms with Crippen LogP contribution in [0.2, 0.25) is 0 Å². The number of nitrogens with one attached hydrogen (secondary N) is 1. The predicted octanol–water partition coefficient (Wildman–Crippen LogP) is 4.09. The van der Waals surface area contributed by atoms with E-state index in [1.54, 1.807) is 7.11 Å². The fourth-order valence-corrected chi connectivity index (χ4v) is 2.85. The highest BCUT2D eigenvalue weighted by molar-refractivity contribution is 9.10. The van der Waals surface area contributed by atoms with E-state index in [4.69, 9.17) is 4.74 Å². The third-order valence-electron chi connectivity index (χ3n) is 3.65. The lowest BCUT2D eigenvalue weighted by Gasteiger charge is -2.20. The quantitative estimate of drug-likeness (QED) is 0.851. The van der Waals surface area contributed by atoms with E-state index >= 15 is 0 Å². The van der Waals surface area contributed by atoms with Gasteiger partial charge in [0, 0.05) is 30.4 Å². The first-order valence-corrected chi connectivity index (χ1v) is 7.96. The molecule has 114 valence electrons. The largest absolute Gasteiger partial charge is 0.496 e. The van der Waals surface area contributed by atoms with Gasteiger partial charge >= 0.3 is 0 Å². The van der Waals surface area contributed by atoms with Crippen LogP contribution in [0.25, 0.3) is 0 Å². The van der Waals surface area contributed by atoms with Crippen LogP contribution in [-0.4, -0.2) is 16.9 Å². The molecule has 0 aliphatic rings. The van der Waals surface area contributed by atoms with Gasteiger partial charge in [-0.3, -0.25) is 4.68 Å². The highest BCUT2D eigenvalue weighted by Gasteiger charge is 2.13. The smallest absolute Gasteiger partial charge is 0.133 e. The van der Waals surface area contributed by atoms with Gasteiger partial charge in [-0.1, -0.05) is 6.07 Å². The van der Waals surface area contributed by atoms with Gasteiger partial charge in [0.05, 0.1) is 17.8 Å². The Balaban J connectivity index is 2.06. The number of benzene rings is 1. The number of aryl methyl sites for hydroxylation is 1. The molecule has 1 heterocycles. The Labute approximate surface area is 134 Å². The van der Waals surface area contributed by atoms with E-state index in [0.717, 1.165) is 16.8 Å². The van der Waals surface area contributed by atoms with Crippen molar-refractivity contribution in [2.75, 3.05) is 7.11 Å². The number of halogens is 1. The van der Waals surface area contributed by atoms with Crippen LogP contribution in [0.1, 0.15) is 44.0 Å². The number of hydrogen-bond acceptors (Lipinski definition) is 3. The van der Waals surface area contributed by atoms with Gasteiger partial charge in [0.2, 0.25) is 0 Å². The van der Waals surface area contributed by atoms with Crippen LogP contribution in [0.3, 0.4) is 0 Å². The van der Waals surface area contributed by atoms with Crippen LogP contribution >= 0.6 is 15.9 Å². The van der Waals surface area contributed by atoms with Gasteiger partial charge in [0.15, 0.2) is 0 Å². The van der Waals surface area contributed by atoms with Gasteiger partial charge < -0.3 is 10.1 Å². The van der Waals surface area contributed by atoms with Crippen LogP contribution in [-0.2, 0) is 6.54 Å². The van der Waals surface area contributed by atoms with Crippen LogP contribution in [0, 0.1) is 0 Å². The number of aromatic nitrogens is 2. The Hall–Kier alpha value is -1.33. The number of hydrogen-bond donors (Lipinski definition) is 1. The topological polar surface area (TPSA) is 39.1 Å². The van der Waals surface area contributed by atoms with E-state index in [-0.39, 0.29) is 12.1 Å². The average molecular weight is 352 g/mol. The first kappa shape index (κ1) is 16.0. The summed E-state index contributed by atoms with van der Waals surface area (Å²) >= 11 is 3.53. The summed E-state index contributed by atoms with van der Waals surface area (Å²) in [4.78, 5) is 0. The molecule has 0 saturated heterocycles. The maximum absolute atomic E-state index is 5.27. The lowest BCUT2D eigenvalue weighted by molar-refractivity contribution is 0.411. The summed E-state index contributed by atoms with van der Waals surface area (Å²) in [6.07, 6.45) is 4.02. The predicted molar refractivity (Wildman–Crippen MR) is 88.6 cm³/mol. The summed E-state index contributed by atoms with van der Waals surface area (Å²) in [7, 11) is 1.68. The zero-order valence-electron chi connectivity index (χ0n) is 12.9. The van der Waals surface area contributed by atoms with Gasteiger partial charge in [-0.2, -0.15) is 5.10 Å². The minimum atomic E-state index is 0.243. The first-order valence-electron chi connectivity index (χ1n) is 7.17. The van der Waals surface area contributed by atoms with E-state index in [2.05, 4.69) is 65.4 Å². The molecule has 4 nitrogen and oxygen atoms in total. The zero-order valence-corrected chi connectivity index (χ0v) is 14.5. The Morgan fingerprint density at radius 2 is 2.00 bits per heavy atom. The molecule has 0 amide bonds. The van der Waals surface area contributed by atoms with E-state index in [9.17, 15) is 0 Å². The fraction of sp³-hybridized carbons (Fsp3) is 0.438. The normalized spacial score (nSPS) is 14.0. The molecule has 2 rings (SSSR count). The summed E-state index contributed by atoms with van der Waals surface area (Å²) in [5.41, 5.74) is 2.42. The van der Waals surface area contributed by atoms with E-state index in [1.165, 1.54) is 11.1 Å². The van der Waals surface area contributed by atoms with E-state index in [0.29, 0.717) is 0 Å². The van der Waals surface area contributed by atoms with Crippen LogP contribution in [0.4, 0.5) is 0 Å². The second-order valence-corrected chi connectivity index (χ2v) is 5.99. The summed E-state index contributed by atoms with van der Waals surface area (Å²) in [5.74, 6) is 0.850. The van der Waals surface area contributed by atoms with Crippen molar-refractivity contribution in [3.8, 4) is 5.75 Å². The summed E-state index contributed by atoms with van der Waals surface area (Å²) in [6, 6.07) is 6.66. The molecule has 0 aliphatic heterocycles. The van der Waals surface area contributed by atoms with Crippen molar-refractivity contribution in [1.82, 2.24) is 15.1 Å². The summed E-state index contributed by atoms with van der Waals surface area (Å²) in [6.45, 7) is 7.31. The Bertz CT molecular complexity index is 597. The number of rotatable bonds is 6. The molecule has 0 saturated carbocycles. The molecule has 0 fully saturated rings. The standard InChI is InChI=1S/C16H22BrN3O/c1-5-20-10-14(9-18-20)12(3)19-11(2)13-6-7-16(21-4)15(17)8-13/h6-12,19H,5H2,1-4H3. The fourth-order valence-electron chi connectivity index (χ4n) is 2.30. The van der Waals surface area contributed by atoms with E-state index < -0.39 is 0 Å². The molecule has 2 aromatic rings. The van der Waals surface area contributed by atoms with E-state index in [1.807, 2.05) is 16.9 Å². The van der Waals surface area contributed by atoms with Crippen molar-refractivity contribution in [2.45, 2.75) is 39.4 Å². The van der Waals surface area contributed by atoms with Crippen molar-refractivity contribution in [3.63, 3.8) is 0 Å². The molecule has 1 aromatic heterocycles. The van der Waals surface area contributed by atoms with Crippen molar-refractivity contribution in [1.29, 1.82) is 0 Å². The van der Waals surface area contributed by atoms with Crippen LogP contribution in [0.5, 0.6) is 5.75 Å². The average Bonchev–Trinajstić information content (AvgIpc) is 2.96. The number of nitrogens with zero attached hydrogens (tertiary/aromatic N) is 2. The van der Waals surface area contributed by atoms with Crippen molar-refractivity contribution in [2.24, 2.45) is 0 Å². The summed E-state index contributed by atoms with van der Waals surface area (Å²) in [5, 5.41) is 7.92. The van der Waals surface area contributed by atoms with Gasteiger partial charge in [0.25, 0.3) is 0 Å². The first-order chi connectivity index (χ1) is 10.0. The molecular formula is C16H22BrN3O. The van der Waals surface area contributed by atoms with Gasteiger partial charge in [-0.25, -0.2) is 0 Å². The minimum Gasteiger partial charge on any atom is -0.496 e. The molecule has 0 bridgehead atoms. The van der Waals surface area contributed by atoms with Gasteiger partial charge in [0.1, 0.15) is 5.75 Å². The van der Waals surface area contributed by atoms with Crippen LogP contribution in [0.15, 0.2) is 35.1 Å². The molecule has 0 spiro atoms. The molecule has 5 heteroatoms. The molecule has 2 atom stereocenters. The minimum absolute atomic E-state index is 0.243. The van der Waals surface area contributed by atoms with Crippen molar-refractivity contribution >= 4 is 15.9 Å². The third kappa shape index (κ3) is 3.86. The molecule has 21 heavy (non-hydrogen) atoms. The maximum atomic E-state index is 5.27. The summed E-state index contributed by atoms with van der Waals surface area (Å²) < 4.78 is 8.19. The Kier molecular flexibility index (Phi) is 5.42. The second kappa shape index (κ2) is 7.09. The lowest BCUT2D eigenvalue weighted by Crippen LogP contribution is -2.22. The number of ether oxygens (including phenoxy) is 1. The monoisotopic (exact) mass is 351 g/mol. The number of methoxy groups -OCH3 is 1. The molecular weight excluding hydrogens is 330 g/mol. The van der Waals surface area contributed by atoms with Crippen LogP contribution < -0.4 is 10.1 Å². The van der Waals surface area contributed by atoms with Gasteiger partial charge in [-0.15, -0.1) is 0 Å². The SMILES string of the molecule is CCn1cc(C(C)NC(C)c2ccc(OC)c(Br)c2)cn1. The highest BCUT2D eigenvalue weighted by atomic mass is 79.9. The Morgan fingerprint density at radius 1 is 1.29 bits per heavy atom. The second-order valence-electron chi connectivity index (χ2n) is 5.13. The maximum Gasteiger partial charge on any atom is 0.133 e. The molecule has 1 aromatic carbocycles. The van der Waals surface area contributed by atoms with Gasteiger partial charge in [-0.05, 0) is 54.4 Å². The van der Waals surface area contributed by atoms with Crippen molar-refractivity contribution in [3.05, 3.63) is 46.2 Å². The lowest BCUT2D eigenvalue weighted by atomic mass is 10.1. The molecule has 0 aliphatic carbocycles. The zero-order chi connectivity index (χ0) is 15.4. The molecule has 2 unspecified atom stereocenters.